The fraction of sp³-hybridized carbons (Fsp3) is 0.647. The summed E-state index contributed by atoms with van der Waals surface area (Å²) < 4.78 is 14.0. The molecule has 1 atom stereocenters. The molecule has 1 aromatic rings. The summed E-state index contributed by atoms with van der Waals surface area (Å²) in [5, 5.41) is 3.48. The standard InChI is InChI=1S/C17H28FNS/c1-4-20-11-7-8-15(13-19-12-14(2)3)16-9-5-6-10-17(16)18/h5-6,9-10,14-15,19H,4,7-8,11-13H2,1-3H3. The summed E-state index contributed by atoms with van der Waals surface area (Å²) in [7, 11) is 0. The summed E-state index contributed by atoms with van der Waals surface area (Å²) in [6, 6.07) is 7.22. The van der Waals surface area contributed by atoms with Crippen LogP contribution in [-0.4, -0.2) is 24.6 Å². The van der Waals surface area contributed by atoms with Crippen molar-refractivity contribution in [2.45, 2.75) is 39.5 Å². The first-order valence-electron chi connectivity index (χ1n) is 7.68. The monoisotopic (exact) mass is 297 g/mol. The predicted octanol–water partition coefficient (Wildman–Crippen LogP) is 4.69. The van der Waals surface area contributed by atoms with Crippen molar-refractivity contribution in [1.29, 1.82) is 0 Å². The highest BCUT2D eigenvalue weighted by Crippen LogP contribution is 2.24. The maximum absolute atomic E-state index is 14.0. The maximum Gasteiger partial charge on any atom is 0.126 e. The molecule has 0 radical (unpaired) electrons. The van der Waals surface area contributed by atoms with Crippen molar-refractivity contribution in [3.8, 4) is 0 Å². The first-order chi connectivity index (χ1) is 9.65. The Morgan fingerprint density at radius 3 is 2.60 bits per heavy atom. The molecule has 1 nitrogen and oxygen atoms in total. The van der Waals surface area contributed by atoms with Crippen LogP contribution in [0.5, 0.6) is 0 Å². The summed E-state index contributed by atoms with van der Waals surface area (Å²) in [6.45, 7) is 8.44. The van der Waals surface area contributed by atoms with Gasteiger partial charge in [-0.3, -0.25) is 0 Å². The molecule has 0 amide bonds. The van der Waals surface area contributed by atoms with E-state index in [0.29, 0.717) is 5.92 Å². The largest absolute Gasteiger partial charge is 0.316 e. The van der Waals surface area contributed by atoms with Crippen molar-refractivity contribution in [3.05, 3.63) is 35.6 Å². The minimum absolute atomic E-state index is 0.0630. The minimum atomic E-state index is -0.0630. The van der Waals surface area contributed by atoms with Crippen molar-refractivity contribution in [3.63, 3.8) is 0 Å². The molecule has 0 aliphatic rings. The number of benzene rings is 1. The van der Waals surface area contributed by atoms with Crippen LogP contribution in [0.15, 0.2) is 24.3 Å². The second-order valence-corrected chi connectivity index (χ2v) is 7.00. The molecule has 0 saturated carbocycles. The molecule has 1 unspecified atom stereocenters. The number of thioether (sulfide) groups is 1. The highest BCUT2D eigenvalue weighted by atomic mass is 32.2. The van der Waals surface area contributed by atoms with Gasteiger partial charge in [-0.15, -0.1) is 0 Å². The Hall–Kier alpha value is -0.540. The summed E-state index contributed by atoms with van der Waals surface area (Å²) >= 11 is 1.96. The lowest BCUT2D eigenvalue weighted by Gasteiger charge is -2.19. The second-order valence-electron chi connectivity index (χ2n) is 5.61. The zero-order valence-corrected chi connectivity index (χ0v) is 13.8. The fourth-order valence-electron chi connectivity index (χ4n) is 2.30. The number of hydrogen-bond donors (Lipinski definition) is 1. The molecule has 0 fully saturated rings. The lowest BCUT2D eigenvalue weighted by molar-refractivity contribution is 0.483. The first-order valence-corrected chi connectivity index (χ1v) is 8.83. The third-order valence-electron chi connectivity index (χ3n) is 3.33. The van der Waals surface area contributed by atoms with Gasteiger partial charge in [0.15, 0.2) is 0 Å². The molecule has 0 saturated heterocycles. The molecular weight excluding hydrogens is 269 g/mol. The van der Waals surface area contributed by atoms with Gasteiger partial charge in [0, 0.05) is 6.54 Å². The summed E-state index contributed by atoms with van der Waals surface area (Å²) in [5.74, 6) is 3.19. The fourth-order valence-corrected chi connectivity index (χ4v) is 2.96. The van der Waals surface area contributed by atoms with E-state index in [1.54, 1.807) is 12.1 Å². The van der Waals surface area contributed by atoms with Crippen molar-refractivity contribution in [2.24, 2.45) is 5.92 Å². The smallest absolute Gasteiger partial charge is 0.126 e. The van der Waals surface area contributed by atoms with E-state index in [1.165, 1.54) is 5.75 Å². The molecule has 0 bridgehead atoms. The maximum atomic E-state index is 14.0. The third-order valence-corrected chi connectivity index (χ3v) is 4.32. The van der Waals surface area contributed by atoms with Gasteiger partial charge in [0.2, 0.25) is 0 Å². The Labute approximate surface area is 127 Å². The van der Waals surface area contributed by atoms with Crippen LogP contribution in [0.25, 0.3) is 0 Å². The van der Waals surface area contributed by atoms with Gasteiger partial charge in [-0.2, -0.15) is 11.8 Å². The molecule has 0 aliphatic heterocycles. The van der Waals surface area contributed by atoms with E-state index >= 15 is 0 Å². The minimum Gasteiger partial charge on any atom is -0.316 e. The van der Waals surface area contributed by atoms with E-state index in [1.807, 2.05) is 23.9 Å². The average molecular weight is 297 g/mol. The predicted molar refractivity (Wildman–Crippen MR) is 89.1 cm³/mol. The number of hydrogen-bond acceptors (Lipinski definition) is 2. The van der Waals surface area contributed by atoms with Crippen molar-refractivity contribution in [1.82, 2.24) is 5.32 Å². The van der Waals surface area contributed by atoms with E-state index in [2.05, 4.69) is 26.1 Å². The van der Waals surface area contributed by atoms with Gasteiger partial charge in [0.1, 0.15) is 5.82 Å². The quantitative estimate of drug-likeness (QED) is 0.629. The average Bonchev–Trinajstić information content (AvgIpc) is 2.42. The normalized spacial score (nSPS) is 12.8. The van der Waals surface area contributed by atoms with Crippen LogP contribution >= 0.6 is 11.8 Å². The van der Waals surface area contributed by atoms with Gasteiger partial charge >= 0.3 is 0 Å². The lowest BCUT2D eigenvalue weighted by atomic mass is 9.94. The molecule has 1 rings (SSSR count). The summed E-state index contributed by atoms with van der Waals surface area (Å²) in [6.07, 6.45) is 2.21. The Kier molecular flexibility index (Phi) is 8.95. The van der Waals surface area contributed by atoms with Gasteiger partial charge in [0.05, 0.1) is 0 Å². The Balaban J connectivity index is 2.56. The van der Waals surface area contributed by atoms with Crippen LogP contribution < -0.4 is 5.32 Å². The molecule has 20 heavy (non-hydrogen) atoms. The van der Waals surface area contributed by atoms with Crippen LogP contribution in [0, 0.1) is 11.7 Å². The molecule has 0 heterocycles. The Morgan fingerprint density at radius 1 is 1.20 bits per heavy atom. The van der Waals surface area contributed by atoms with Crippen LogP contribution in [0.2, 0.25) is 0 Å². The molecular formula is C17H28FNS. The Morgan fingerprint density at radius 2 is 1.95 bits per heavy atom. The Bertz CT molecular complexity index is 368. The highest BCUT2D eigenvalue weighted by Gasteiger charge is 2.15. The van der Waals surface area contributed by atoms with Gasteiger partial charge in [-0.1, -0.05) is 39.0 Å². The number of rotatable bonds is 10. The van der Waals surface area contributed by atoms with E-state index in [0.717, 1.165) is 37.2 Å². The van der Waals surface area contributed by atoms with Crippen LogP contribution in [-0.2, 0) is 0 Å². The zero-order valence-electron chi connectivity index (χ0n) is 13.0. The molecule has 1 N–H and O–H groups in total. The third kappa shape index (κ3) is 6.76. The van der Waals surface area contributed by atoms with Crippen LogP contribution in [0.4, 0.5) is 4.39 Å². The summed E-state index contributed by atoms with van der Waals surface area (Å²) in [4.78, 5) is 0. The van der Waals surface area contributed by atoms with E-state index in [-0.39, 0.29) is 11.7 Å². The molecule has 3 heteroatoms. The van der Waals surface area contributed by atoms with Gasteiger partial charge in [-0.05, 0) is 54.4 Å². The molecule has 0 aliphatic carbocycles. The highest BCUT2D eigenvalue weighted by molar-refractivity contribution is 7.99. The molecule has 114 valence electrons. The molecule has 0 spiro atoms. The van der Waals surface area contributed by atoms with Crippen LogP contribution in [0.3, 0.4) is 0 Å². The van der Waals surface area contributed by atoms with Crippen LogP contribution in [0.1, 0.15) is 45.1 Å². The first kappa shape index (κ1) is 17.5. The van der Waals surface area contributed by atoms with Gasteiger partial charge in [0.25, 0.3) is 0 Å². The van der Waals surface area contributed by atoms with E-state index in [4.69, 9.17) is 0 Å². The van der Waals surface area contributed by atoms with E-state index < -0.39 is 0 Å². The van der Waals surface area contributed by atoms with Gasteiger partial charge < -0.3 is 5.32 Å². The lowest BCUT2D eigenvalue weighted by Crippen LogP contribution is -2.26. The number of halogens is 1. The van der Waals surface area contributed by atoms with Crippen molar-refractivity contribution in [2.75, 3.05) is 24.6 Å². The molecule has 1 aromatic carbocycles. The van der Waals surface area contributed by atoms with Gasteiger partial charge in [-0.25, -0.2) is 4.39 Å². The van der Waals surface area contributed by atoms with Crippen molar-refractivity contribution >= 4 is 11.8 Å². The summed E-state index contributed by atoms with van der Waals surface area (Å²) in [5.41, 5.74) is 0.866. The molecule has 0 aromatic heterocycles. The zero-order chi connectivity index (χ0) is 14.8. The van der Waals surface area contributed by atoms with E-state index in [9.17, 15) is 4.39 Å². The van der Waals surface area contributed by atoms with Crippen molar-refractivity contribution < 1.29 is 4.39 Å². The topological polar surface area (TPSA) is 12.0 Å². The SMILES string of the molecule is CCSCCCC(CNCC(C)C)c1ccccc1F. The number of nitrogens with one attached hydrogen (secondary N) is 1. The second kappa shape index (κ2) is 10.2.